The summed E-state index contributed by atoms with van der Waals surface area (Å²) in [6.07, 6.45) is 0.673. The van der Waals surface area contributed by atoms with Crippen LogP contribution in [-0.4, -0.2) is 23.5 Å². The van der Waals surface area contributed by atoms with Gasteiger partial charge in [-0.25, -0.2) is 0 Å². The lowest BCUT2D eigenvalue weighted by Gasteiger charge is -1.87. The first kappa shape index (κ1) is 9.71. The van der Waals surface area contributed by atoms with Crippen LogP contribution in [0.15, 0.2) is 12.1 Å². The summed E-state index contributed by atoms with van der Waals surface area (Å²) in [6, 6.07) is 3.38. The SMILES string of the molecule is CN.Cc1ccc(C=O)nn1. The Bertz CT molecular complexity index is 207. The number of nitrogens with zero attached hydrogens (tertiary/aromatic N) is 2. The van der Waals surface area contributed by atoms with Gasteiger partial charge in [0.2, 0.25) is 0 Å². The maximum Gasteiger partial charge on any atom is 0.170 e. The summed E-state index contributed by atoms with van der Waals surface area (Å²) < 4.78 is 0. The number of rotatable bonds is 1. The Balaban J connectivity index is 0.000000461. The Morgan fingerprint density at radius 1 is 1.36 bits per heavy atom. The van der Waals surface area contributed by atoms with E-state index in [-0.39, 0.29) is 0 Å². The van der Waals surface area contributed by atoms with E-state index < -0.39 is 0 Å². The molecule has 0 fully saturated rings. The third-order valence-electron chi connectivity index (χ3n) is 0.939. The minimum atomic E-state index is 0.376. The summed E-state index contributed by atoms with van der Waals surface area (Å²) in [6.45, 7) is 1.82. The highest BCUT2D eigenvalue weighted by Gasteiger charge is 1.88. The average molecular weight is 153 g/mol. The summed E-state index contributed by atoms with van der Waals surface area (Å²) in [5.74, 6) is 0. The highest BCUT2D eigenvalue weighted by molar-refractivity contribution is 5.70. The van der Waals surface area contributed by atoms with Crippen molar-refractivity contribution in [3.05, 3.63) is 23.5 Å². The van der Waals surface area contributed by atoms with Gasteiger partial charge in [0, 0.05) is 0 Å². The van der Waals surface area contributed by atoms with Crippen molar-refractivity contribution in [3.8, 4) is 0 Å². The van der Waals surface area contributed by atoms with E-state index in [2.05, 4.69) is 15.9 Å². The summed E-state index contributed by atoms with van der Waals surface area (Å²) in [5.41, 5.74) is 5.70. The van der Waals surface area contributed by atoms with Crippen LogP contribution in [-0.2, 0) is 0 Å². The summed E-state index contributed by atoms with van der Waals surface area (Å²) in [4.78, 5) is 10.0. The molecule has 4 nitrogen and oxygen atoms in total. The van der Waals surface area contributed by atoms with E-state index in [1.807, 2.05) is 6.92 Å². The van der Waals surface area contributed by atoms with Gasteiger partial charge in [-0.05, 0) is 26.1 Å². The van der Waals surface area contributed by atoms with E-state index in [0.717, 1.165) is 5.69 Å². The van der Waals surface area contributed by atoms with Crippen LogP contribution in [0.4, 0.5) is 0 Å². The monoisotopic (exact) mass is 153 g/mol. The maximum absolute atomic E-state index is 10.0. The fourth-order valence-electron chi connectivity index (χ4n) is 0.472. The molecule has 0 saturated carbocycles. The molecule has 0 unspecified atom stereocenters. The van der Waals surface area contributed by atoms with Gasteiger partial charge < -0.3 is 5.73 Å². The number of aldehydes is 1. The summed E-state index contributed by atoms with van der Waals surface area (Å²) in [5, 5.41) is 7.25. The van der Waals surface area contributed by atoms with Crippen LogP contribution in [0.1, 0.15) is 16.2 Å². The number of hydrogen-bond acceptors (Lipinski definition) is 4. The molecule has 60 valence electrons. The highest BCUT2D eigenvalue weighted by atomic mass is 16.1. The van der Waals surface area contributed by atoms with Gasteiger partial charge in [0.05, 0.1) is 5.69 Å². The van der Waals surface area contributed by atoms with Gasteiger partial charge in [-0.1, -0.05) is 0 Å². The van der Waals surface area contributed by atoms with Crippen molar-refractivity contribution in [1.29, 1.82) is 0 Å². The maximum atomic E-state index is 10.0. The second-order valence-electron chi connectivity index (χ2n) is 1.72. The predicted octanol–water partition coefficient (Wildman–Crippen LogP) is 0.172. The van der Waals surface area contributed by atoms with Gasteiger partial charge in [-0.2, -0.15) is 5.10 Å². The Morgan fingerprint density at radius 2 is 2.00 bits per heavy atom. The number of aryl methyl sites for hydroxylation is 1. The van der Waals surface area contributed by atoms with Crippen molar-refractivity contribution in [3.63, 3.8) is 0 Å². The van der Waals surface area contributed by atoms with E-state index >= 15 is 0 Å². The number of hydrogen-bond donors (Lipinski definition) is 1. The van der Waals surface area contributed by atoms with Gasteiger partial charge in [-0.15, -0.1) is 5.10 Å². The van der Waals surface area contributed by atoms with Gasteiger partial charge >= 0.3 is 0 Å². The zero-order chi connectivity index (χ0) is 8.69. The molecular weight excluding hydrogens is 142 g/mol. The lowest BCUT2D eigenvalue weighted by atomic mass is 10.4. The Kier molecular flexibility index (Phi) is 4.85. The van der Waals surface area contributed by atoms with Crippen molar-refractivity contribution in [2.75, 3.05) is 7.05 Å². The standard InChI is InChI=1S/C6H6N2O.CH5N/c1-5-2-3-6(4-9)8-7-5;1-2/h2-4H,1H3;2H2,1H3. The molecule has 0 bridgehead atoms. The Hall–Kier alpha value is -1.29. The Morgan fingerprint density at radius 3 is 2.36 bits per heavy atom. The number of nitrogens with two attached hydrogens (primary N) is 1. The zero-order valence-corrected chi connectivity index (χ0v) is 6.61. The normalized spacial score (nSPS) is 7.91. The van der Waals surface area contributed by atoms with Crippen LogP contribution < -0.4 is 5.73 Å². The quantitative estimate of drug-likeness (QED) is 0.584. The topological polar surface area (TPSA) is 68.9 Å². The van der Waals surface area contributed by atoms with Gasteiger partial charge in [-0.3, -0.25) is 4.79 Å². The van der Waals surface area contributed by atoms with E-state index in [0.29, 0.717) is 12.0 Å². The zero-order valence-electron chi connectivity index (χ0n) is 6.61. The van der Waals surface area contributed by atoms with Gasteiger partial charge in [0.25, 0.3) is 0 Å². The summed E-state index contributed by atoms with van der Waals surface area (Å²) >= 11 is 0. The first-order valence-electron chi connectivity index (χ1n) is 3.16. The molecule has 0 saturated heterocycles. The van der Waals surface area contributed by atoms with Crippen LogP contribution in [0.3, 0.4) is 0 Å². The van der Waals surface area contributed by atoms with E-state index in [9.17, 15) is 4.79 Å². The minimum Gasteiger partial charge on any atom is -0.333 e. The molecule has 1 heterocycles. The number of carbonyl (C=O) groups excluding carboxylic acids is 1. The molecule has 0 aromatic carbocycles. The first-order chi connectivity index (χ1) is 5.33. The lowest BCUT2D eigenvalue weighted by molar-refractivity contribution is 0.111. The molecule has 11 heavy (non-hydrogen) atoms. The van der Waals surface area contributed by atoms with E-state index in [4.69, 9.17) is 0 Å². The van der Waals surface area contributed by atoms with Gasteiger partial charge in [0.1, 0.15) is 5.69 Å². The highest BCUT2D eigenvalue weighted by Crippen LogP contribution is 1.89. The van der Waals surface area contributed by atoms with Crippen LogP contribution in [0.25, 0.3) is 0 Å². The molecule has 0 radical (unpaired) electrons. The molecular formula is C7H11N3O. The van der Waals surface area contributed by atoms with Crippen molar-refractivity contribution < 1.29 is 4.79 Å². The molecule has 0 atom stereocenters. The van der Waals surface area contributed by atoms with E-state index in [1.165, 1.54) is 7.05 Å². The largest absolute Gasteiger partial charge is 0.333 e. The molecule has 0 aliphatic carbocycles. The third-order valence-corrected chi connectivity index (χ3v) is 0.939. The average Bonchev–Trinajstić information content (AvgIpc) is 2.10. The van der Waals surface area contributed by atoms with Gasteiger partial charge in [0.15, 0.2) is 6.29 Å². The van der Waals surface area contributed by atoms with Crippen molar-refractivity contribution >= 4 is 6.29 Å². The fraction of sp³-hybridized carbons (Fsp3) is 0.286. The first-order valence-corrected chi connectivity index (χ1v) is 3.16. The van der Waals surface area contributed by atoms with Crippen LogP contribution >= 0.6 is 0 Å². The van der Waals surface area contributed by atoms with Crippen LogP contribution in [0.2, 0.25) is 0 Å². The second-order valence-corrected chi connectivity index (χ2v) is 1.72. The predicted molar refractivity (Wildman–Crippen MR) is 42.3 cm³/mol. The fourth-order valence-corrected chi connectivity index (χ4v) is 0.472. The molecule has 0 spiro atoms. The number of aromatic nitrogens is 2. The minimum absolute atomic E-state index is 0.376. The molecule has 1 aromatic heterocycles. The molecule has 1 rings (SSSR count). The Labute approximate surface area is 65.4 Å². The van der Waals surface area contributed by atoms with Crippen molar-refractivity contribution in [2.45, 2.75) is 6.92 Å². The van der Waals surface area contributed by atoms with Crippen molar-refractivity contribution in [2.24, 2.45) is 5.73 Å². The van der Waals surface area contributed by atoms with Crippen molar-refractivity contribution in [1.82, 2.24) is 10.2 Å². The summed E-state index contributed by atoms with van der Waals surface area (Å²) in [7, 11) is 1.50. The molecule has 0 amide bonds. The molecule has 2 N–H and O–H groups in total. The second kappa shape index (κ2) is 5.49. The molecule has 1 aromatic rings. The van der Waals surface area contributed by atoms with E-state index in [1.54, 1.807) is 12.1 Å². The van der Waals surface area contributed by atoms with Crippen LogP contribution in [0.5, 0.6) is 0 Å². The molecule has 0 aliphatic rings. The molecule has 0 aliphatic heterocycles. The van der Waals surface area contributed by atoms with Crippen LogP contribution in [0, 0.1) is 6.92 Å². The molecule has 4 heteroatoms. The number of carbonyl (C=O) groups is 1. The lowest BCUT2D eigenvalue weighted by Crippen LogP contribution is -1.90. The smallest absolute Gasteiger partial charge is 0.170 e. The third kappa shape index (κ3) is 3.42.